The van der Waals surface area contributed by atoms with E-state index in [0.29, 0.717) is 11.3 Å². The highest BCUT2D eigenvalue weighted by atomic mass is 79.9. The molecule has 1 rings (SSSR count). The van der Waals surface area contributed by atoms with Crippen molar-refractivity contribution in [2.45, 2.75) is 53.0 Å². The van der Waals surface area contributed by atoms with Crippen LogP contribution in [0.3, 0.4) is 0 Å². The summed E-state index contributed by atoms with van der Waals surface area (Å²) >= 11 is 3.45. The van der Waals surface area contributed by atoms with Crippen molar-refractivity contribution in [1.82, 2.24) is 0 Å². The lowest BCUT2D eigenvalue weighted by atomic mass is 9.82. The van der Waals surface area contributed by atoms with E-state index in [4.69, 9.17) is 5.73 Å². The molecule has 2 atom stereocenters. The van der Waals surface area contributed by atoms with Crippen LogP contribution in [0.2, 0.25) is 0 Å². The molecule has 1 aromatic carbocycles. The summed E-state index contributed by atoms with van der Waals surface area (Å²) in [5.74, 6) is 0.690. The summed E-state index contributed by atoms with van der Waals surface area (Å²) < 4.78 is 1.13. The predicted molar refractivity (Wildman–Crippen MR) is 83.7 cm³/mol. The Balaban J connectivity index is 2.41. The molecule has 0 bridgehead atoms. The van der Waals surface area contributed by atoms with E-state index in [9.17, 15) is 0 Å². The minimum absolute atomic E-state index is 0.267. The maximum atomic E-state index is 6.25. The van der Waals surface area contributed by atoms with Crippen LogP contribution in [-0.4, -0.2) is 6.04 Å². The largest absolute Gasteiger partial charge is 0.327 e. The Kier molecular flexibility index (Phi) is 5.87. The quantitative estimate of drug-likeness (QED) is 0.832. The van der Waals surface area contributed by atoms with E-state index >= 15 is 0 Å². The average Bonchev–Trinajstić information content (AvgIpc) is 2.18. The second-order valence-corrected chi connectivity index (χ2v) is 7.61. The van der Waals surface area contributed by atoms with Crippen LogP contribution in [0, 0.1) is 11.3 Å². The lowest BCUT2D eigenvalue weighted by Gasteiger charge is -2.25. The van der Waals surface area contributed by atoms with Gasteiger partial charge >= 0.3 is 0 Å². The third-order valence-corrected chi connectivity index (χ3v) is 3.61. The van der Waals surface area contributed by atoms with Crippen molar-refractivity contribution in [3.05, 3.63) is 34.3 Å². The Morgan fingerprint density at radius 3 is 2.22 bits per heavy atom. The Hall–Kier alpha value is -0.340. The maximum absolute atomic E-state index is 6.25. The monoisotopic (exact) mass is 311 g/mol. The maximum Gasteiger partial charge on any atom is 0.0175 e. The third-order valence-electron chi connectivity index (χ3n) is 3.08. The van der Waals surface area contributed by atoms with Crippen LogP contribution in [0.4, 0.5) is 0 Å². The fourth-order valence-electron chi connectivity index (χ4n) is 2.65. The molecule has 102 valence electrons. The molecular weight excluding hydrogens is 286 g/mol. The summed E-state index contributed by atoms with van der Waals surface area (Å²) in [4.78, 5) is 0. The van der Waals surface area contributed by atoms with Crippen molar-refractivity contribution < 1.29 is 0 Å². The zero-order valence-electron chi connectivity index (χ0n) is 12.0. The van der Waals surface area contributed by atoms with Gasteiger partial charge in [-0.2, -0.15) is 0 Å². The van der Waals surface area contributed by atoms with Crippen molar-refractivity contribution in [1.29, 1.82) is 0 Å². The van der Waals surface area contributed by atoms with Gasteiger partial charge in [0.25, 0.3) is 0 Å². The molecule has 0 aromatic heterocycles. The molecule has 1 aromatic rings. The van der Waals surface area contributed by atoms with Gasteiger partial charge < -0.3 is 5.73 Å². The van der Waals surface area contributed by atoms with Crippen molar-refractivity contribution in [2.75, 3.05) is 0 Å². The van der Waals surface area contributed by atoms with Crippen molar-refractivity contribution in [3.63, 3.8) is 0 Å². The van der Waals surface area contributed by atoms with Crippen LogP contribution >= 0.6 is 15.9 Å². The van der Waals surface area contributed by atoms with Gasteiger partial charge in [0.1, 0.15) is 0 Å². The highest BCUT2D eigenvalue weighted by Crippen LogP contribution is 2.27. The van der Waals surface area contributed by atoms with Crippen LogP contribution < -0.4 is 5.73 Å². The first-order valence-corrected chi connectivity index (χ1v) is 7.55. The lowest BCUT2D eigenvalue weighted by molar-refractivity contribution is 0.285. The average molecular weight is 312 g/mol. The number of hydrogen-bond acceptors (Lipinski definition) is 1. The van der Waals surface area contributed by atoms with Gasteiger partial charge in [-0.15, -0.1) is 0 Å². The molecular formula is C16H26BrN. The van der Waals surface area contributed by atoms with E-state index in [1.165, 1.54) is 12.0 Å². The second kappa shape index (κ2) is 6.72. The SMILES string of the molecule is CC(CC(N)Cc1ccc(Br)cc1)CC(C)(C)C. The number of nitrogens with two attached hydrogens (primary N) is 1. The van der Waals surface area contributed by atoms with E-state index in [1.54, 1.807) is 0 Å². The summed E-state index contributed by atoms with van der Waals surface area (Å²) in [7, 11) is 0. The summed E-state index contributed by atoms with van der Waals surface area (Å²) in [5.41, 5.74) is 7.98. The first kappa shape index (κ1) is 15.7. The fraction of sp³-hybridized carbons (Fsp3) is 0.625. The van der Waals surface area contributed by atoms with Crippen molar-refractivity contribution >= 4 is 15.9 Å². The number of rotatable bonds is 5. The van der Waals surface area contributed by atoms with Crippen LogP contribution in [-0.2, 0) is 6.42 Å². The first-order valence-electron chi connectivity index (χ1n) is 6.76. The van der Waals surface area contributed by atoms with Gasteiger partial charge in [0.05, 0.1) is 0 Å². The smallest absolute Gasteiger partial charge is 0.0175 e. The van der Waals surface area contributed by atoms with Gasteiger partial charge in [-0.25, -0.2) is 0 Å². The Bertz CT molecular complexity index is 350. The van der Waals surface area contributed by atoms with Crippen molar-refractivity contribution in [2.24, 2.45) is 17.1 Å². The molecule has 0 aliphatic rings. The van der Waals surface area contributed by atoms with Crippen LogP contribution in [0.15, 0.2) is 28.7 Å². The Labute approximate surface area is 120 Å². The third kappa shape index (κ3) is 6.55. The van der Waals surface area contributed by atoms with Gasteiger partial charge in [-0.3, -0.25) is 0 Å². The molecule has 2 N–H and O–H groups in total. The fourth-order valence-corrected chi connectivity index (χ4v) is 2.92. The molecule has 0 aliphatic heterocycles. The minimum atomic E-state index is 0.267. The highest BCUT2D eigenvalue weighted by molar-refractivity contribution is 9.10. The van der Waals surface area contributed by atoms with Gasteiger partial charge in [-0.05, 0) is 48.3 Å². The number of hydrogen-bond donors (Lipinski definition) is 1. The highest BCUT2D eigenvalue weighted by Gasteiger charge is 2.17. The summed E-state index contributed by atoms with van der Waals surface area (Å²) in [6.45, 7) is 9.20. The van der Waals surface area contributed by atoms with Gasteiger partial charge in [0, 0.05) is 10.5 Å². The van der Waals surface area contributed by atoms with E-state index in [-0.39, 0.29) is 6.04 Å². The molecule has 1 nitrogen and oxygen atoms in total. The number of benzene rings is 1. The molecule has 0 amide bonds. The molecule has 2 heteroatoms. The number of halogens is 1. The molecule has 0 fully saturated rings. The van der Waals surface area contributed by atoms with Gasteiger partial charge in [-0.1, -0.05) is 55.8 Å². The van der Waals surface area contributed by atoms with Crippen molar-refractivity contribution in [3.8, 4) is 0 Å². The van der Waals surface area contributed by atoms with Crippen LogP contribution in [0.1, 0.15) is 46.1 Å². The lowest BCUT2D eigenvalue weighted by Crippen LogP contribution is -2.26. The van der Waals surface area contributed by atoms with E-state index in [0.717, 1.165) is 17.3 Å². The molecule has 0 spiro atoms. The normalized spacial score (nSPS) is 15.4. The standard InChI is InChI=1S/C16H26BrN/c1-12(11-16(2,3)4)9-15(18)10-13-5-7-14(17)8-6-13/h5-8,12,15H,9-11,18H2,1-4H3. The molecule has 0 saturated heterocycles. The van der Waals surface area contributed by atoms with Gasteiger partial charge in [0.15, 0.2) is 0 Å². The summed E-state index contributed by atoms with van der Waals surface area (Å²) in [6.07, 6.45) is 3.32. The van der Waals surface area contributed by atoms with Crippen LogP contribution in [0.5, 0.6) is 0 Å². The molecule has 18 heavy (non-hydrogen) atoms. The Morgan fingerprint density at radius 2 is 1.72 bits per heavy atom. The zero-order valence-corrected chi connectivity index (χ0v) is 13.6. The molecule has 0 heterocycles. The van der Waals surface area contributed by atoms with Gasteiger partial charge in [0.2, 0.25) is 0 Å². The van der Waals surface area contributed by atoms with Crippen LogP contribution in [0.25, 0.3) is 0 Å². The summed E-state index contributed by atoms with van der Waals surface area (Å²) in [5, 5.41) is 0. The predicted octanol–water partition coefficient (Wildman–Crippen LogP) is 4.78. The van der Waals surface area contributed by atoms with E-state index in [2.05, 4.69) is 67.9 Å². The minimum Gasteiger partial charge on any atom is -0.327 e. The zero-order chi connectivity index (χ0) is 13.8. The van der Waals surface area contributed by atoms with E-state index in [1.807, 2.05) is 0 Å². The molecule has 0 aliphatic carbocycles. The summed E-state index contributed by atoms with van der Waals surface area (Å²) in [6, 6.07) is 8.74. The van der Waals surface area contributed by atoms with E-state index < -0.39 is 0 Å². The first-order chi connectivity index (χ1) is 8.26. The Morgan fingerprint density at radius 1 is 1.17 bits per heavy atom. The topological polar surface area (TPSA) is 26.0 Å². The molecule has 2 unspecified atom stereocenters. The second-order valence-electron chi connectivity index (χ2n) is 6.70. The molecule has 0 saturated carbocycles. The molecule has 0 radical (unpaired) electrons.